The van der Waals surface area contributed by atoms with Crippen molar-refractivity contribution < 1.29 is 17.2 Å². The molecule has 3 nitrogen and oxygen atoms in total. The maximum Gasteiger partial charge on any atom is 0.184 e. The molecule has 28 heavy (non-hydrogen) atoms. The van der Waals surface area contributed by atoms with Crippen LogP contribution in [-0.4, -0.2) is 13.0 Å². The lowest BCUT2D eigenvalue weighted by atomic mass is 10.2. The fourth-order valence-corrected chi connectivity index (χ4v) is 4.84. The first-order valence-electron chi connectivity index (χ1n) is 8.72. The first-order chi connectivity index (χ1) is 13.4. The first kappa shape index (κ1) is 18.4. The second kappa shape index (κ2) is 7.20. The summed E-state index contributed by atoms with van der Waals surface area (Å²) in [4.78, 5) is 0.231. The molecule has 0 spiro atoms. The van der Waals surface area contributed by atoms with Gasteiger partial charge in [-0.1, -0.05) is 42.5 Å². The molecule has 0 saturated heterocycles. The number of fused-ring (bicyclic) bond motifs is 1. The van der Waals surface area contributed by atoms with E-state index in [-0.39, 0.29) is 16.5 Å². The molecule has 0 unspecified atom stereocenters. The zero-order chi connectivity index (χ0) is 19.7. The molecule has 0 amide bonds. The number of hydrogen-bond donors (Lipinski definition) is 0. The highest BCUT2D eigenvalue weighted by molar-refractivity contribution is 7.90. The van der Waals surface area contributed by atoms with Gasteiger partial charge in [0.2, 0.25) is 0 Å². The van der Waals surface area contributed by atoms with E-state index in [1.165, 1.54) is 36.4 Å². The van der Waals surface area contributed by atoms with Crippen LogP contribution >= 0.6 is 0 Å². The van der Waals surface area contributed by atoms with Crippen molar-refractivity contribution in [2.75, 3.05) is 0 Å². The molecule has 0 aliphatic heterocycles. The predicted octanol–water partition coefficient (Wildman–Crippen LogP) is 4.94. The van der Waals surface area contributed by atoms with Crippen molar-refractivity contribution in [1.29, 1.82) is 0 Å². The Morgan fingerprint density at radius 1 is 0.750 bits per heavy atom. The average molecular weight is 397 g/mol. The number of nitrogens with zero attached hydrogens (tertiary/aromatic N) is 1. The molecule has 1 aromatic heterocycles. The Kier molecular flexibility index (Phi) is 4.73. The Hall–Kier alpha value is -2.99. The fourth-order valence-electron chi connectivity index (χ4n) is 3.26. The molecule has 0 fully saturated rings. The molecule has 6 heteroatoms. The van der Waals surface area contributed by atoms with Gasteiger partial charge in [0.15, 0.2) is 9.84 Å². The van der Waals surface area contributed by atoms with Gasteiger partial charge in [-0.2, -0.15) is 0 Å². The highest BCUT2D eigenvalue weighted by Gasteiger charge is 2.21. The van der Waals surface area contributed by atoms with E-state index >= 15 is 0 Å². The summed E-state index contributed by atoms with van der Waals surface area (Å²) in [5.74, 6) is -0.932. The fraction of sp³-hybridized carbons (Fsp3) is 0.0909. The van der Waals surface area contributed by atoms with Crippen LogP contribution in [0.4, 0.5) is 8.78 Å². The summed E-state index contributed by atoms with van der Waals surface area (Å²) < 4.78 is 54.2. The lowest BCUT2D eigenvalue weighted by molar-refractivity contribution is 0.595. The Morgan fingerprint density at radius 2 is 1.32 bits per heavy atom. The summed E-state index contributed by atoms with van der Waals surface area (Å²) in [5.41, 5.74) is 2.17. The Morgan fingerprint density at radius 3 is 1.96 bits per heavy atom. The van der Waals surface area contributed by atoms with E-state index in [2.05, 4.69) is 0 Å². The predicted molar refractivity (Wildman–Crippen MR) is 105 cm³/mol. The largest absolute Gasteiger partial charge is 0.342 e. The molecular weight excluding hydrogens is 380 g/mol. The van der Waals surface area contributed by atoms with E-state index in [1.54, 1.807) is 30.5 Å². The van der Waals surface area contributed by atoms with Crippen LogP contribution in [0.5, 0.6) is 0 Å². The average Bonchev–Trinajstić information content (AvgIpc) is 3.05. The maximum atomic E-state index is 13.2. The first-order valence-corrected chi connectivity index (χ1v) is 10.4. The molecule has 142 valence electrons. The second-order valence-corrected chi connectivity index (χ2v) is 8.61. The molecular formula is C22H17F2NO2S. The number of hydrogen-bond acceptors (Lipinski definition) is 2. The molecule has 0 bridgehead atoms. The molecule has 3 aromatic carbocycles. The van der Waals surface area contributed by atoms with Gasteiger partial charge < -0.3 is 4.57 Å². The number of halogens is 2. The molecule has 1 heterocycles. The van der Waals surface area contributed by atoms with Gasteiger partial charge >= 0.3 is 0 Å². The van der Waals surface area contributed by atoms with Crippen LogP contribution in [0.15, 0.2) is 83.9 Å². The van der Waals surface area contributed by atoms with E-state index in [1.807, 2.05) is 16.7 Å². The van der Waals surface area contributed by atoms with Crippen molar-refractivity contribution in [1.82, 2.24) is 4.57 Å². The van der Waals surface area contributed by atoms with Gasteiger partial charge in [-0.15, -0.1) is 0 Å². The van der Waals surface area contributed by atoms with E-state index in [9.17, 15) is 17.2 Å². The summed E-state index contributed by atoms with van der Waals surface area (Å²) in [5, 5.41) is 0.631. The van der Waals surface area contributed by atoms with Crippen LogP contribution in [0.1, 0.15) is 11.1 Å². The van der Waals surface area contributed by atoms with E-state index in [4.69, 9.17) is 0 Å². The molecule has 4 rings (SSSR count). The number of para-hydroxylation sites is 1. The summed E-state index contributed by atoms with van der Waals surface area (Å²) in [6.07, 6.45) is 1.62. The minimum atomic E-state index is -3.63. The second-order valence-electron chi connectivity index (χ2n) is 6.65. The van der Waals surface area contributed by atoms with Crippen molar-refractivity contribution in [2.45, 2.75) is 17.2 Å². The normalized spacial score (nSPS) is 11.8. The zero-order valence-electron chi connectivity index (χ0n) is 14.8. The monoisotopic (exact) mass is 397 g/mol. The van der Waals surface area contributed by atoms with Crippen molar-refractivity contribution in [3.8, 4) is 0 Å². The molecule has 0 N–H and O–H groups in total. The van der Waals surface area contributed by atoms with Gasteiger partial charge in [0.05, 0.1) is 10.6 Å². The third-order valence-corrected chi connectivity index (χ3v) is 6.33. The van der Waals surface area contributed by atoms with Crippen molar-refractivity contribution in [3.05, 3.63) is 102 Å². The van der Waals surface area contributed by atoms with Crippen LogP contribution in [0.25, 0.3) is 10.9 Å². The van der Waals surface area contributed by atoms with Crippen LogP contribution < -0.4 is 0 Å². The van der Waals surface area contributed by atoms with Gasteiger partial charge in [0.25, 0.3) is 0 Å². The molecule has 0 atom stereocenters. The molecule has 0 radical (unpaired) electrons. The van der Waals surface area contributed by atoms with Gasteiger partial charge in [0.1, 0.15) is 11.6 Å². The quantitative estimate of drug-likeness (QED) is 0.478. The van der Waals surface area contributed by atoms with Crippen molar-refractivity contribution in [3.63, 3.8) is 0 Å². The zero-order valence-corrected chi connectivity index (χ0v) is 15.7. The minimum absolute atomic E-state index is 0.210. The van der Waals surface area contributed by atoms with Crippen LogP contribution in [0.3, 0.4) is 0 Å². The summed E-state index contributed by atoms with van der Waals surface area (Å²) in [6, 6.07) is 18.8. The van der Waals surface area contributed by atoms with Crippen molar-refractivity contribution in [2.24, 2.45) is 0 Å². The van der Waals surface area contributed by atoms with E-state index < -0.39 is 15.7 Å². The molecule has 0 aliphatic rings. The lowest BCUT2D eigenvalue weighted by Crippen LogP contribution is -2.05. The number of aromatic nitrogens is 1. The Balaban J connectivity index is 1.74. The van der Waals surface area contributed by atoms with Gasteiger partial charge in [-0.05, 0) is 41.5 Å². The van der Waals surface area contributed by atoms with E-state index in [0.29, 0.717) is 17.5 Å². The van der Waals surface area contributed by atoms with Gasteiger partial charge in [-0.25, -0.2) is 17.2 Å². The highest BCUT2D eigenvalue weighted by Crippen LogP contribution is 2.28. The minimum Gasteiger partial charge on any atom is -0.342 e. The van der Waals surface area contributed by atoms with Crippen molar-refractivity contribution >= 4 is 20.7 Å². The number of sulfone groups is 1. The number of rotatable bonds is 5. The van der Waals surface area contributed by atoms with Gasteiger partial charge in [-0.3, -0.25) is 0 Å². The Labute approximate surface area is 161 Å². The highest BCUT2D eigenvalue weighted by atomic mass is 32.2. The summed E-state index contributed by atoms with van der Waals surface area (Å²) in [7, 11) is -3.63. The molecule has 0 aliphatic carbocycles. The van der Waals surface area contributed by atoms with E-state index in [0.717, 1.165) is 11.1 Å². The van der Waals surface area contributed by atoms with Gasteiger partial charge in [0, 0.05) is 23.6 Å². The molecule has 4 aromatic rings. The number of benzene rings is 3. The topological polar surface area (TPSA) is 39.1 Å². The third-order valence-electron chi connectivity index (χ3n) is 4.62. The lowest BCUT2D eigenvalue weighted by Gasteiger charge is -2.05. The Bertz CT molecular complexity index is 1230. The molecule has 0 saturated carbocycles. The summed E-state index contributed by atoms with van der Waals surface area (Å²) in [6.45, 7) is 0.423. The standard InChI is InChI=1S/C22H17F2NO2S/c23-18-9-5-16(6-10-18)13-25-14-22(20-3-1-2-4-21(20)25)28(26,27)15-17-7-11-19(24)12-8-17/h1-12,14H,13,15H2. The SMILES string of the molecule is O=S(=O)(Cc1ccc(F)cc1)c1cn(Cc2ccc(F)cc2)c2ccccc12. The smallest absolute Gasteiger partial charge is 0.184 e. The summed E-state index contributed by atoms with van der Waals surface area (Å²) >= 11 is 0. The third kappa shape index (κ3) is 3.68. The maximum absolute atomic E-state index is 13.2. The van der Waals surface area contributed by atoms with Crippen LogP contribution in [-0.2, 0) is 22.1 Å². The van der Waals surface area contributed by atoms with Crippen LogP contribution in [0, 0.1) is 11.6 Å². The van der Waals surface area contributed by atoms with Crippen LogP contribution in [0.2, 0.25) is 0 Å².